The molecule has 100 valence electrons. The highest BCUT2D eigenvalue weighted by Gasteiger charge is 2.29. The van der Waals surface area contributed by atoms with E-state index in [1.165, 1.54) is 4.90 Å². The zero-order chi connectivity index (χ0) is 13.4. The predicted molar refractivity (Wildman–Crippen MR) is 69.9 cm³/mol. The summed E-state index contributed by atoms with van der Waals surface area (Å²) in [5.41, 5.74) is 6.83. The Labute approximate surface area is 110 Å². The Bertz CT molecular complexity index is 540. The zero-order valence-corrected chi connectivity index (χ0v) is 10.4. The molecule has 6 nitrogen and oxygen atoms in total. The molecule has 6 heteroatoms. The van der Waals surface area contributed by atoms with Gasteiger partial charge in [0.2, 0.25) is 5.91 Å². The summed E-state index contributed by atoms with van der Waals surface area (Å²) in [6.07, 6.45) is 2.05. The lowest BCUT2D eigenvalue weighted by Gasteiger charge is -2.29. The van der Waals surface area contributed by atoms with Gasteiger partial charge in [0.15, 0.2) is 6.61 Å². The Balaban J connectivity index is 1.79. The first-order valence-corrected chi connectivity index (χ1v) is 6.25. The predicted octanol–water partition coefficient (Wildman–Crippen LogP) is 0.273. The molecule has 1 aromatic rings. The summed E-state index contributed by atoms with van der Waals surface area (Å²) in [5, 5.41) is 2.87. The largest absolute Gasteiger partial charge is 0.481 e. The fraction of sp³-hybridized carbons (Fsp3) is 0.385. The molecule has 1 fully saturated rings. The molecule has 1 heterocycles. The molecule has 1 saturated carbocycles. The van der Waals surface area contributed by atoms with Crippen molar-refractivity contribution in [3.8, 4) is 5.75 Å². The van der Waals surface area contributed by atoms with E-state index in [9.17, 15) is 9.59 Å². The molecule has 0 bridgehead atoms. The zero-order valence-electron chi connectivity index (χ0n) is 10.4. The van der Waals surface area contributed by atoms with E-state index >= 15 is 0 Å². The third-order valence-corrected chi connectivity index (χ3v) is 3.17. The third-order valence-electron chi connectivity index (χ3n) is 3.17. The Morgan fingerprint density at radius 3 is 3.00 bits per heavy atom. The fourth-order valence-corrected chi connectivity index (χ4v) is 2.04. The van der Waals surface area contributed by atoms with Crippen molar-refractivity contribution < 1.29 is 14.3 Å². The van der Waals surface area contributed by atoms with Gasteiger partial charge in [0.1, 0.15) is 12.3 Å². The highest BCUT2D eigenvalue weighted by atomic mass is 16.5. The van der Waals surface area contributed by atoms with Crippen LogP contribution in [-0.4, -0.2) is 31.0 Å². The standard InChI is InChI=1S/C13H15N3O3/c14-8-1-4-10-11(5-8)19-7-13(18)16(10)6-12(17)15-9-2-3-9/h1,4-5,9H,2-3,6-7,14H2,(H,15,17). The Kier molecular flexibility index (Phi) is 2.77. The van der Waals surface area contributed by atoms with Crippen LogP contribution >= 0.6 is 0 Å². The highest BCUT2D eigenvalue weighted by molar-refractivity contribution is 6.02. The number of hydrogen-bond acceptors (Lipinski definition) is 4. The maximum absolute atomic E-state index is 11.9. The summed E-state index contributed by atoms with van der Waals surface area (Å²) in [5.74, 6) is 0.183. The van der Waals surface area contributed by atoms with E-state index in [1.54, 1.807) is 18.2 Å². The molecule has 1 aromatic carbocycles. The molecular formula is C13H15N3O3. The number of carbonyl (C=O) groups excluding carboxylic acids is 2. The van der Waals surface area contributed by atoms with E-state index in [0.717, 1.165) is 12.8 Å². The number of amides is 2. The van der Waals surface area contributed by atoms with Gasteiger partial charge in [0, 0.05) is 17.8 Å². The highest BCUT2D eigenvalue weighted by Crippen LogP contribution is 2.33. The van der Waals surface area contributed by atoms with Crippen LogP contribution in [0.1, 0.15) is 12.8 Å². The first-order valence-electron chi connectivity index (χ1n) is 6.25. The van der Waals surface area contributed by atoms with Crippen LogP contribution in [0.5, 0.6) is 5.75 Å². The lowest BCUT2D eigenvalue weighted by molar-refractivity contribution is -0.125. The topological polar surface area (TPSA) is 84.7 Å². The molecule has 2 aliphatic rings. The van der Waals surface area contributed by atoms with Gasteiger partial charge in [0.25, 0.3) is 5.91 Å². The fourth-order valence-electron chi connectivity index (χ4n) is 2.04. The molecule has 0 atom stereocenters. The lowest BCUT2D eigenvalue weighted by Crippen LogP contribution is -2.45. The van der Waals surface area contributed by atoms with Gasteiger partial charge in [-0.25, -0.2) is 0 Å². The summed E-state index contributed by atoms with van der Waals surface area (Å²) in [6.45, 7) is -0.0389. The van der Waals surface area contributed by atoms with E-state index in [4.69, 9.17) is 10.5 Å². The maximum atomic E-state index is 11.9. The van der Waals surface area contributed by atoms with Gasteiger partial charge in [-0.2, -0.15) is 0 Å². The average Bonchev–Trinajstić information content (AvgIpc) is 3.16. The minimum Gasteiger partial charge on any atom is -0.481 e. The summed E-state index contributed by atoms with van der Waals surface area (Å²) in [4.78, 5) is 25.1. The van der Waals surface area contributed by atoms with E-state index in [1.807, 2.05) is 0 Å². The molecular weight excluding hydrogens is 246 g/mol. The number of nitrogen functional groups attached to an aromatic ring is 1. The third kappa shape index (κ3) is 2.47. The molecule has 0 saturated heterocycles. The molecule has 0 aromatic heterocycles. The Hall–Kier alpha value is -2.24. The molecule has 0 spiro atoms. The smallest absolute Gasteiger partial charge is 0.265 e. The number of hydrogen-bond donors (Lipinski definition) is 2. The van der Waals surface area contributed by atoms with Gasteiger partial charge < -0.3 is 15.8 Å². The van der Waals surface area contributed by atoms with Crippen LogP contribution in [0.4, 0.5) is 11.4 Å². The monoisotopic (exact) mass is 261 g/mol. The maximum Gasteiger partial charge on any atom is 0.265 e. The van der Waals surface area contributed by atoms with E-state index in [2.05, 4.69) is 5.32 Å². The number of ether oxygens (including phenoxy) is 1. The van der Waals surface area contributed by atoms with Crippen molar-refractivity contribution in [2.45, 2.75) is 18.9 Å². The van der Waals surface area contributed by atoms with Gasteiger partial charge in [-0.05, 0) is 25.0 Å². The molecule has 2 amide bonds. The second-order valence-corrected chi connectivity index (χ2v) is 4.84. The number of rotatable bonds is 3. The van der Waals surface area contributed by atoms with Gasteiger partial charge in [-0.1, -0.05) is 0 Å². The van der Waals surface area contributed by atoms with E-state index in [-0.39, 0.29) is 31.0 Å². The Morgan fingerprint density at radius 2 is 2.26 bits per heavy atom. The molecule has 0 unspecified atom stereocenters. The Morgan fingerprint density at radius 1 is 1.47 bits per heavy atom. The summed E-state index contributed by atoms with van der Waals surface area (Å²) in [7, 11) is 0. The summed E-state index contributed by atoms with van der Waals surface area (Å²) < 4.78 is 5.32. The van der Waals surface area contributed by atoms with Gasteiger partial charge in [-0.15, -0.1) is 0 Å². The molecule has 3 N–H and O–H groups in total. The van der Waals surface area contributed by atoms with Crippen LogP contribution in [0.2, 0.25) is 0 Å². The molecule has 19 heavy (non-hydrogen) atoms. The molecule has 1 aliphatic carbocycles. The first kappa shape index (κ1) is 11.8. The molecule has 0 radical (unpaired) electrons. The quantitative estimate of drug-likeness (QED) is 0.765. The second kappa shape index (κ2) is 4.46. The second-order valence-electron chi connectivity index (χ2n) is 4.84. The van der Waals surface area contributed by atoms with Crippen molar-refractivity contribution in [3.63, 3.8) is 0 Å². The molecule has 1 aliphatic heterocycles. The van der Waals surface area contributed by atoms with Crippen molar-refractivity contribution in [2.24, 2.45) is 0 Å². The number of nitrogens with zero attached hydrogens (tertiary/aromatic N) is 1. The van der Waals surface area contributed by atoms with E-state index in [0.29, 0.717) is 17.1 Å². The SMILES string of the molecule is Nc1ccc2c(c1)OCC(=O)N2CC(=O)NC1CC1. The van der Waals surface area contributed by atoms with Crippen LogP contribution < -0.4 is 20.7 Å². The minimum atomic E-state index is -0.219. The number of nitrogens with two attached hydrogens (primary N) is 1. The number of anilines is 2. The van der Waals surface area contributed by atoms with E-state index < -0.39 is 0 Å². The van der Waals surface area contributed by atoms with Crippen LogP contribution in [-0.2, 0) is 9.59 Å². The van der Waals surface area contributed by atoms with Crippen molar-refractivity contribution in [3.05, 3.63) is 18.2 Å². The number of fused-ring (bicyclic) bond motifs is 1. The molecule has 3 rings (SSSR count). The number of benzene rings is 1. The number of nitrogens with one attached hydrogen (secondary N) is 1. The van der Waals surface area contributed by atoms with Crippen molar-refractivity contribution in [1.82, 2.24) is 5.32 Å². The van der Waals surface area contributed by atoms with Crippen LogP contribution in [0.3, 0.4) is 0 Å². The normalized spacial score (nSPS) is 17.7. The average molecular weight is 261 g/mol. The lowest BCUT2D eigenvalue weighted by atomic mass is 10.2. The van der Waals surface area contributed by atoms with Gasteiger partial charge in [0.05, 0.1) is 5.69 Å². The number of carbonyl (C=O) groups is 2. The van der Waals surface area contributed by atoms with Crippen LogP contribution in [0.15, 0.2) is 18.2 Å². The van der Waals surface area contributed by atoms with Crippen LogP contribution in [0, 0.1) is 0 Å². The summed E-state index contributed by atoms with van der Waals surface area (Å²) in [6, 6.07) is 5.33. The van der Waals surface area contributed by atoms with Crippen molar-refractivity contribution in [1.29, 1.82) is 0 Å². The first-order chi connectivity index (χ1) is 9.13. The van der Waals surface area contributed by atoms with Gasteiger partial charge >= 0.3 is 0 Å². The minimum absolute atomic E-state index is 0.0234. The van der Waals surface area contributed by atoms with Crippen molar-refractivity contribution >= 4 is 23.2 Å². The summed E-state index contributed by atoms with van der Waals surface area (Å²) >= 11 is 0. The van der Waals surface area contributed by atoms with Gasteiger partial charge in [-0.3, -0.25) is 14.5 Å². The van der Waals surface area contributed by atoms with Crippen LogP contribution in [0.25, 0.3) is 0 Å². The van der Waals surface area contributed by atoms with Crippen molar-refractivity contribution in [2.75, 3.05) is 23.8 Å².